The van der Waals surface area contributed by atoms with Crippen LogP contribution in [0.25, 0.3) is 0 Å². The second kappa shape index (κ2) is 5.97. The summed E-state index contributed by atoms with van der Waals surface area (Å²) in [6.45, 7) is 5.34. The Balaban J connectivity index is 4.16. The Hall–Kier alpha value is -0.630. The van der Waals surface area contributed by atoms with Gasteiger partial charge in [-0.1, -0.05) is 0 Å². The standard InChI is InChI=1S/C10H21N3O/c1-9(6-14-5)13(4)8-10(2,7-11)12-3/h9,12H,6,8H2,1-5H3. The molecule has 0 aliphatic rings. The molecule has 4 heteroatoms. The minimum absolute atomic E-state index is 0.320. The molecule has 0 aromatic heterocycles. The molecule has 0 radical (unpaired) electrons. The number of methoxy groups -OCH3 is 1. The molecule has 0 bridgehead atoms. The lowest BCUT2D eigenvalue weighted by molar-refractivity contribution is 0.105. The minimum Gasteiger partial charge on any atom is -0.383 e. The highest BCUT2D eigenvalue weighted by Gasteiger charge is 2.25. The van der Waals surface area contributed by atoms with Gasteiger partial charge in [-0.05, 0) is 27.9 Å². The van der Waals surface area contributed by atoms with Crippen molar-refractivity contribution >= 4 is 0 Å². The molecule has 0 spiro atoms. The Labute approximate surface area is 86.8 Å². The Morgan fingerprint density at radius 3 is 2.57 bits per heavy atom. The van der Waals surface area contributed by atoms with Crippen LogP contribution in [-0.4, -0.2) is 50.8 Å². The van der Waals surface area contributed by atoms with E-state index in [1.165, 1.54) is 0 Å². The quantitative estimate of drug-likeness (QED) is 0.675. The van der Waals surface area contributed by atoms with Crippen LogP contribution in [-0.2, 0) is 4.74 Å². The van der Waals surface area contributed by atoms with E-state index in [4.69, 9.17) is 10.00 Å². The van der Waals surface area contributed by atoms with Crippen molar-refractivity contribution in [3.63, 3.8) is 0 Å². The van der Waals surface area contributed by atoms with Crippen molar-refractivity contribution in [2.45, 2.75) is 25.4 Å². The van der Waals surface area contributed by atoms with Gasteiger partial charge in [-0.25, -0.2) is 0 Å². The molecule has 0 fully saturated rings. The fraction of sp³-hybridized carbons (Fsp3) is 0.900. The van der Waals surface area contributed by atoms with Crippen molar-refractivity contribution in [1.29, 1.82) is 5.26 Å². The summed E-state index contributed by atoms with van der Waals surface area (Å²) >= 11 is 0. The molecule has 4 nitrogen and oxygen atoms in total. The number of ether oxygens (including phenoxy) is 1. The largest absolute Gasteiger partial charge is 0.383 e. The average molecular weight is 199 g/mol. The normalized spacial score (nSPS) is 17.5. The lowest BCUT2D eigenvalue weighted by Crippen LogP contribution is -2.50. The predicted molar refractivity (Wildman–Crippen MR) is 57.0 cm³/mol. The van der Waals surface area contributed by atoms with Crippen LogP contribution in [0.15, 0.2) is 0 Å². The smallest absolute Gasteiger partial charge is 0.116 e. The van der Waals surface area contributed by atoms with Crippen molar-refractivity contribution in [3.8, 4) is 6.07 Å². The molecule has 0 rings (SSSR count). The zero-order chi connectivity index (χ0) is 11.2. The number of hydrogen-bond acceptors (Lipinski definition) is 4. The van der Waals surface area contributed by atoms with E-state index in [9.17, 15) is 0 Å². The lowest BCUT2D eigenvalue weighted by Gasteiger charge is -2.31. The maximum atomic E-state index is 8.98. The first kappa shape index (κ1) is 13.4. The van der Waals surface area contributed by atoms with Crippen molar-refractivity contribution in [1.82, 2.24) is 10.2 Å². The van der Waals surface area contributed by atoms with Crippen LogP contribution in [0.2, 0.25) is 0 Å². The molecule has 0 aliphatic heterocycles. The average Bonchev–Trinajstić information content (AvgIpc) is 2.18. The van der Waals surface area contributed by atoms with Gasteiger partial charge in [0.2, 0.25) is 0 Å². The third-order valence-electron chi connectivity index (χ3n) is 2.52. The molecule has 0 saturated heterocycles. The summed E-state index contributed by atoms with van der Waals surface area (Å²) in [6.07, 6.45) is 0. The summed E-state index contributed by atoms with van der Waals surface area (Å²) in [5, 5.41) is 12.0. The Morgan fingerprint density at radius 2 is 2.21 bits per heavy atom. The van der Waals surface area contributed by atoms with E-state index < -0.39 is 5.54 Å². The van der Waals surface area contributed by atoms with Gasteiger partial charge in [0.1, 0.15) is 5.54 Å². The van der Waals surface area contributed by atoms with Crippen molar-refractivity contribution in [2.75, 3.05) is 34.4 Å². The van der Waals surface area contributed by atoms with E-state index in [1.807, 2.05) is 14.0 Å². The second-order valence-corrected chi connectivity index (χ2v) is 3.91. The molecule has 0 saturated carbocycles. The molecule has 0 heterocycles. The first-order valence-electron chi connectivity index (χ1n) is 4.78. The van der Waals surface area contributed by atoms with Gasteiger partial charge in [-0.3, -0.25) is 4.90 Å². The fourth-order valence-electron chi connectivity index (χ4n) is 1.19. The number of nitrogens with zero attached hydrogens (tertiary/aromatic N) is 2. The molecule has 82 valence electrons. The van der Waals surface area contributed by atoms with Crippen LogP contribution in [0, 0.1) is 11.3 Å². The number of likely N-dealkylation sites (N-methyl/N-ethyl adjacent to an activating group) is 2. The maximum Gasteiger partial charge on any atom is 0.116 e. The van der Waals surface area contributed by atoms with Gasteiger partial charge >= 0.3 is 0 Å². The molecule has 0 aliphatic carbocycles. The van der Waals surface area contributed by atoms with E-state index in [2.05, 4.69) is 23.2 Å². The first-order valence-corrected chi connectivity index (χ1v) is 4.78. The van der Waals surface area contributed by atoms with E-state index in [0.717, 1.165) is 0 Å². The zero-order valence-electron chi connectivity index (χ0n) is 9.79. The Bertz CT molecular complexity index is 202. The van der Waals surface area contributed by atoms with Crippen LogP contribution >= 0.6 is 0 Å². The minimum atomic E-state index is -0.489. The first-order chi connectivity index (χ1) is 6.49. The summed E-state index contributed by atoms with van der Waals surface area (Å²) in [5.41, 5.74) is -0.489. The van der Waals surface area contributed by atoms with Crippen LogP contribution in [0.5, 0.6) is 0 Å². The predicted octanol–water partition coefficient (Wildman–Crippen LogP) is 0.455. The molecule has 0 amide bonds. The van der Waals surface area contributed by atoms with Crippen LogP contribution < -0.4 is 5.32 Å². The number of nitriles is 1. The van der Waals surface area contributed by atoms with Gasteiger partial charge < -0.3 is 10.1 Å². The van der Waals surface area contributed by atoms with Crippen LogP contribution in [0.4, 0.5) is 0 Å². The summed E-state index contributed by atoms with van der Waals surface area (Å²) in [5.74, 6) is 0. The number of nitrogens with one attached hydrogen (secondary N) is 1. The van der Waals surface area contributed by atoms with Gasteiger partial charge in [0.15, 0.2) is 0 Å². The highest BCUT2D eigenvalue weighted by atomic mass is 16.5. The van der Waals surface area contributed by atoms with Gasteiger partial charge in [0, 0.05) is 19.7 Å². The summed E-state index contributed by atoms with van der Waals surface area (Å²) in [6, 6.07) is 2.58. The summed E-state index contributed by atoms with van der Waals surface area (Å²) < 4.78 is 5.06. The Kier molecular flexibility index (Phi) is 5.70. The van der Waals surface area contributed by atoms with E-state index in [-0.39, 0.29) is 0 Å². The fourth-order valence-corrected chi connectivity index (χ4v) is 1.19. The van der Waals surface area contributed by atoms with Gasteiger partial charge in [-0.2, -0.15) is 5.26 Å². The van der Waals surface area contributed by atoms with E-state index in [1.54, 1.807) is 14.2 Å². The molecule has 14 heavy (non-hydrogen) atoms. The van der Waals surface area contributed by atoms with Crippen LogP contribution in [0.1, 0.15) is 13.8 Å². The maximum absolute atomic E-state index is 8.98. The second-order valence-electron chi connectivity index (χ2n) is 3.91. The van der Waals surface area contributed by atoms with Gasteiger partial charge in [-0.15, -0.1) is 0 Å². The van der Waals surface area contributed by atoms with Crippen molar-refractivity contribution in [3.05, 3.63) is 0 Å². The summed E-state index contributed by atoms with van der Waals surface area (Å²) in [4.78, 5) is 2.11. The number of hydrogen-bond donors (Lipinski definition) is 1. The topological polar surface area (TPSA) is 48.3 Å². The lowest BCUT2D eigenvalue weighted by atomic mass is 10.0. The molecule has 1 N–H and O–H groups in total. The molecule has 2 atom stereocenters. The van der Waals surface area contributed by atoms with Crippen molar-refractivity contribution < 1.29 is 4.74 Å². The molecular weight excluding hydrogens is 178 g/mol. The molecule has 0 aromatic rings. The van der Waals surface area contributed by atoms with Crippen molar-refractivity contribution in [2.24, 2.45) is 0 Å². The molecule has 0 aromatic carbocycles. The summed E-state index contributed by atoms with van der Waals surface area (Å²) in [7, 11) is 5.49. The van der Waals surface area contributed by atoms with Gasteiger partial charge in [0.25, 0.3) is 0 Å². The third kappa shape index (κ3) is 4.05. The number of rotatable bonds is 6. The Morgan fingerprint density at radius 1 is 1.64 bits per heavy atom. The van der Waals surface area contributed by atoms with E-state index in [0.29, 0.717) is 19.2 Å². The molecule has 2 unspecified atom stereocenters. The monoisotopic (exact) mass is 199 g/mol. The third-order valence-corrected chi connectivity index (χ3v) is 2.52. The van der Waals surface area contributed by atoms with E-state index >= 15 is 0 Å². The van der Waals surface area contributed by atoms with Gasteiger partial charge in [0.05, 0.1) is 12.7 Å². The molecular formula is C10H21N3O. The SMILES string of the molecule is CNC(C)(C#N)CN(C)C(C)COC. The highest BCUT2D eigenvalue weighted by Crippen LogP contribution is 2.06. The highest BCUT2D eigenvalue weighted by molar-refractivity contribution is 5.05. The van der Waals surface area contributed by atoms with Crippen LogP contribution in [0.3, 0.4) is 0 Å². The zero-order valence-corrected chi connectivity index (χ0v) is 9.79.